The van der Waals surface area contributed by atoms with Crippen molar-refractivity contribution in [2.75, 3.05) is 0 Å². The lowest BCUT2D eigenvalue weighted by Gasteiger charge is -2.22. The summed E-state index contributed by atoms with van der Waals surface area (Å²) in [5.41, 5.74) is 2.88. The van der Waals surface area contributed by atoms with Crippen LogP contribution in [-0.2, 0) is 12.8 Å². The first-order valence-corrected chi connectivity index (χ1v) is 5.79. The molecule has 2 heterocycles. The van der Waals surface area contributed by atoms with Crippen molar-refractivity contribution in [1.29, 1.82) is 0 Å². The van der Waals surface area contributed by atoms with Crippen molar-refractivity contribution in [3.8, 4) is 0 Å². The molecule has 0 spiro atoms. The molecule has 0 bridgehead atoms. The fraction of sp³-hybridized carbons (Fsp3) is 0.308. The van der Waals surface area contributed by atoms with E-state index in [0.29, 0.717) is 0 Å². The number of rotatable bonds is 2. The number of aromatic amines is 1. The van der Waals surface area contributed by atoms with E-state index in [0.717, 1.165) is 36.1 Å². The first kappa shape index (κ1) is 10.2. The highest BCUT2D eigenvalue weighted by Gasteiger charge is 2.27. The van der Waals surface area contributed by atoms with Crippen LogP contribution in [-0.4, -0.2) is 20.7 Å². The minimum atomic E-state index is 0.0631. The molecule has 0 saturated heterocycles. The monoisotopic (exact) mass is 227 g/mol. The van der Waals surface area contributed by atoms with Gasteiger partial charge in [0.1, 0.15) is 0 Å². The first-order chi connectivity index (χ1) is 8.34. The summed E-state index contributed by atoms with van der Waals surface area (Å²) >= 11 is 0. The van der Waals surface area contributed by atoms with Crippen LogP contribution in [0.25, 0.3) is 0 Å². The van der Waals surface area contributed by atoms with E-state index in [2.05, 4.69) is 15.0 Å². The fourth-order valence-electron chi connectivity index (χ4n) is 2.40. The van der Waals surface area contributed by atoms with Gasteiger partial charge < -0.3 is 4.98 Å². The molecule has 0 radical (unpaired) electrons. The van der Waals surface area contributed by atoms with Gasteiger partial charge in [0.2, 0.25) is 0 Å². The maximum atomic E-state index is 12.3. The Morgan fingerprint density at radius 2 is 2.41 bits per heavy atom. The third-order valence-corrected chi connectivity index (χ3v) is 3.31. The first-order valence-electron chi connectivity index (χ1n) is 5.79. The maximum absolute atomic E-state index is 12.3. The van der Waals surface area contributed by atoms with Gasteiger partial charge in [-0.25, -0.2) is 4.98 Å². The van der Waals surface area contributed by atoms with E-state index in [4.69, 9.17) is 0 Å². The predicted octanol–water partition coefficient (Wildman–Crippen LogP) is 1.79. The minimum Gasteiger partial charge on any atom is -0.351 e. The molecule has 1 aliphatic rings. The molecule has 0 aromatic carbocycles. The Morgan fingerprint density at radius 3 is 3.24 bits per heavy atom. The molecular formula is C13H13N3O. The molecule has 3 rings (SSSR count). The van der Waals surface area contributed by atoms with Gasteiger partial charge in [0, 0.05) is 36.5 Å². The van der Waals surface area contributed by atoms with Gasteiger partial charge in [-0.05, 0) is 24.5 Å². The van der Waals surface area contributed by atoms with Crippen molar-refractivity contribution >= 4 is 5.78 Å². The number of imidazole rings is 1. The number of aryl methyl sites for hydroxylation is 1. The molecule has 4 nitrogen and oxygen atoms in total. The van der Waals surface area contributed by atoms with Crippen LogP contribution in [0, 0.1) is 5.92 Å². The second-order valence-electron chi connectivity index (χ2n) is 4.40. The van der Waals surface area contributed by atoms with E-state index in [1.54, 1.807) is 18.7 Å². The number of hydrogen-bond donors (Lipinski definition) is 1. The topological polar surface area (TPSA) is 58.6 Å². The zero-order chi connectivity index (χ0) is 11.7. The number of ketones is 1. The molecule has 86 valence electrons. The van der Waals surface area contributed by atoms with Gasteiger partial charge in [0.05, 0.1) is 12.0 Å². The van der Waals surface area contributed by atoms with E-state index in [-0.39, 0.29) is 11.7 Å². The number of aromatic nitrogens is 3. The molecular weight excluding hydrogens is 214 g/mol. The molecule has 4 heteroatoms. The number of pyridine rings is 1. The van der Waals surface area contributed by atoms with Crippen molar-refractivity contribution in [3.05, 3.63) is 47.8 Å². The summed E-state index contributed by atoms with van der Waals surface area (Å²) in [6.45, 7) is 0. The lowest BCUT2D eigenvalue weighted by atomic mass is 9.81. The van der Waals surface area contributed by atoms with Crippen molar-refractivity contribution in [1.82, 2.24) is 15.0 Å². The summed E-state index contributed by atoms with van der Waals surface area (Å²) in [5.74, 6) is 0.296. The number of H-pyrrole nitrogens is 1. The molecule has 1 N–H and O–H groups in total. The molecule has 1 atom stereocenters. The van der Waals surface area contributed by atoms with Gasteiger partial charge in [-0.1, -0.05) is 0 Å². The number of fused-ring (bicyclic) bond motifs is 1. The van der Waals surface area contributed by atoms with Crippen LogP contribution in [0.15, 0.2) is 31.0 Å². The minimum absolute atomic E-state index is 0.0631. The van der Waals surface area contributed by atoms with Crippen LogP contribution < -0.4 is 0 Å². The van der Waals surface area contributed by atoms with E-state index >= 15 is 0 Å². The Kier molecular flexibility index (Phi) is 2.48. The van der Waals surface area contributed by atoms with Crippen LogP contribution in [0.4, 0.5) is 0 Å². The maximum Gasteiger partial charge on any atom is 0.166 e. The molecule has 0 saturated carbocycles. The Balaban J connectivity index is 1.84. The summed E-state index contributed by atoms with van der Waals surface area (Å²) in [6.07, 6.45) is 9.56. The molecule has 2 aromatic heterocycles. The van der Waals surface area contributed by atoms with E-state index < -0.39 is 0 Å². The number of carbonyl (C=O) groups is 1. The van der Waals surface area contributed by atoms with Crippen molar-refractivity contribution in [3.63, 3.8) is 0 Å². The van der Waals surface area contributed by atoms with E-state index in [1.165, 1.54) is 0 Å². The zero-order valence-electron chi connectivity index (χ0n) is 9.39. The highest BCUT2D eigenvalue weighted by atomic mass is 16.1. The normalized spacial score (nSPS) is 19.1. The van der Waals surface area contributed by atoms with Crippen LogP contribution >= 0.6 is 0 Å². The SMILES string of the molecule is O=C1c2ccncc2CCC1Cc1c[nH]cn1. The molecule has 0 amide bonds. The van der Waals surface area contributed by atoms with Gasteiger partial charge >= 0.3 is 0 Å². The van der Waals surface area contributed by atoms with Crippen molar-refractivity contribution in [2.45, 2.75) is 19.3 Å². The third-order valence-electron chi connectivity index (χ3n) is 3.31. The summed E-state index contributed by atoms with van der Waals surface area (Å²) in [5, 5.41) is 0. The number of carbonyl (C=O) groups excluding carboxylic acids is 1. The zero-order valence-corrected chi connectivity index (χ0v) is 9.39. The second kappa shape index (κ2) is 4.13. The van der Waals surface area contributed by atoms with E-state index in [1.807, 2.05) is 12.3 Å². The van der Waals surface area contributed by atoms with Gasteiger partial charge in [-0.15, -0.1) is 0 Å². The average Bonchev–Trinajstić information content (AvgIpc) is 2.86. The Hall–Kier alpha value is -1.97. The van der Waals surface area contributed by atoms with Crippen LogP contribution in [0.5, 0.6) is 0 Å². The van der Waals surface area contributed by atoms with Gasteiger partial charge in [-0.3, -0.25) is 9.78 Å². The van der Waals surface area contributed by atoms with Gasteiger partial charge in [0.25, 0.3) is 0 Å². The summed E-state index contributed by atoms with van der Waals surface area (Å²) in [6, 6.07) is 1.83. The van der Waals surface area contributed by atoms with E-state index in [9.17, 15) is 4.79 Å². The molecule has 1 aliphatic carbocycles. The van der Waals surface area contributed by atoms with Crippen LogP contribution in [0.2, 0.25) is 0 Å². The number of nitrogens with zero attached hydrogens (tertiary/aromatic N) is 2. The highest BCUT2D eigenvalue weighted by molar-refractivity contribution is 6.00. The molecule has 2 aromatic rings. The largest absolute Gasteiger partial charge is 0.351 e. The lowest BCUT2D eigenvalue weighted by molar-refractivity contribution is 0.0900. The van der Waals surface area contributed by atoms with Gasteiger partial charge in [0.15, 0.2) is 5.78 Å². The Bertz CT molecular complexity index is 533. The third kappa shape index (κ3) is 1.86. The predicted molar refractivity (Wildman–Crippen MR) is 62.7 cm³/mol. The molecule has 1 unspecified atom stereocenters. The van der Waals surface area contributed by atoms with Crippen molar-refractivity contribution < 1.29 is 4.79 Å². The summed E-state index contributed by atoms with van der Waals surface area (Å²) < 4.78 is 0. The average molecular weight is 227 g/mol. The standard InChI is InChI=1S/C13H13N3O/c17-13-9(5-11-7-15-8-16-11)1-2-10-6-14-4-3-12(10)13/h3-4,6-9H,1-2,5H2,(H,15,16). The quantitative estimate of drug-likeness (QED) is 0.851. The smallest absolute Gasteiger partial charge is 0.166 e. The Labute approximate surface area is 99.1 Å². The molecule has 0 fully saturated rings. The lowest BCUT2D eigenvalue weighted by Crippen LogP contribution is -2.24. The fourth-order valence-corrected chi connectivity index (χ4v) is 2.40. The van der Waals surface area contributed by atoms with Crippen molar-refractivity contribution in [2.24, 2.45) is 5.92 Å². The number of Topliss-reactive ketones (excluding diaryl/α,β-unsaturated/α-hetero) is 1. The van der Waals surface area contributed by atoms with Crippen LogP contribution in [0.1, 0.15) is 28.0 Å². The number of nitrogens with one attached hydrogen (secondary N) is 1. The highest BCUT2D eigenvalue weighted by Crippen LogP contribution is 2.26. The molecule has 0 aliphatic heterocycles. The number of hydrogen-bond acceptors (Lipinski definition) is 3. The molecule has 17 heavy (non-hydrogen) atoms. The van der Waals surface area contributed by atoms with Gasteiger partial charge in [-0.2, -0.15) is 0 Å². The second-order valence-corrected chi connectivity index (χ2v) is 4.40. The Morgan fingerprint density at radius 1 is 1.47 bits per heavy atom. The summed E-state index contributed by atoms with van der Waals surface area (Å²) in [7, 11) is 0. The summed E-state index contributed by atoms with van der Waals surface area (Å²) in [4.78, 5) is 23.4. The van der Waals surface area contributed by atoms with Crippen LogP contribution in [0.3, 0.4) is 0 Å².